The van der Waals surface area contributed by atoms with Crippen molar-refractivity contribution in [2.45, 2.75) is 6.54 Å². The van der Waals surface area contributed by atoms with Crippen LogP contribution in [0.15, 0.2) is 41.8 Å². The molecule has 0 atom stereocenters. The maximum Gasteiger partial charge on any atom is 0.348 e. The molecule has 118 valence electrons. The molecule has 0 unspecified atom stereocenters. The highest BCUT2D eigenvalue weighted by Crippen LogP contribution is 2.28. The van der Waals surface area contributed by atoms with Gasteiger partial charge < -0.3 is 10.1 Å². The zero-order valence-electron chi connectivity index (χ0n) is 11.9. The molecule has 3 aromatic rings. The maximum absolute atomic E-state index is 13.6. The lowest BCUT2D eigenvalue weighted by Gasteiger charge is -2.04. The number of fused-ring (bicyclic) bond motifs is 1. The summed E-state index contributed by atoms with van der Waals surface area (Å²) in [6, 6.07) is 9.90. The second-order valence-electron chi connectivity index (χ2n) is 4.69. The average Bonchev–Trinajstić information content (AvgIpc) is 3.20. The van der Waals surface area contributed by atoms with Gasteiger partial charge in [0.25, 0.3) is 5.91 Å². The number of halogens is 1. The quantitative estimate of drug-likeness (QED) is 0.717. The van der Waals surface area contributed by atoms with Gasteiger partial charge in [0.1, 0.15) is 10.7 Å². The highest BCUT2D eigenvalue weighted by Gasteiger charge is 2.15. The molecule has 3 rings (SSSR count). The van der Waals surface area contributed by atoms with Crippen LogP contribution in [0.5, 0.6) is 0 Å². The Hall–Kier alpha value is -2.25. The van der Waals surface area contributed by atoms with Crippen LogP contribution in [0.25, 0.3) is 10.1 Å². The molecule has 0 aliphatic carbocycles. The third-order valence-corrected chi connectivity index (χ3v) is 5.04. The number of carbonyl (C=O) groups excluding carboxylic acids is 2. The summed E-state index contributed by atoms with van der Waals surface area (Å²) < 4.78 is 19.2. The van der Waals surface area contributed by atoms with Crippen molar-refractivity contribution >= 4 is 44.6 Å². The summed E-state index contributed by atoms with van der Waals surface area (Å²) in [6.07, 6.45) is 0. The fourth-order valence-electron chi connectivity index (χ4n) is 1.98. The number of rotatable bonds is 5. The Labute approximate surface area is 139 Å². The van der Waals surface area contributed by atoms with E-state index in [1.807, 2.05) is 17.5 Å². The molecule has 7 heteroatoms. The van der Waals surface area contributed by atoms with Crippen LogP contribution in [0.4, 0.5) is 4.39 Å². The van der Waals surface area contributed by atoms with Crippen LogP contribution < -0.4 is 5.32 Å². The monoisotopic (exact) mass is 349 g/mol. The van der Waals surface area contributed by atoms with Crippen LogP contribution in [0.3, 0.4) is 0 Å². The zero-order valence-corrected chi connectivity index (χ0v) is 13.5. The number of thiophene rings is 2. The van der Waals surface area contributed by atoms with E-state index in [2.05, 4.69) is 5.32 Å². The van der Waals surface area contributed by atoms with E-state index < -0.39 is 5.97 Å². The fourth-order valence-corrected chi connectivity index (χ4v) is 3.59. The van der Waals surface area contributed by atoms with Gasteiger partial charge in [-0.2, -0.15) is 0 Å². The predicted molar refractivity (Wildman–Crippen MR) is 88.2 cm³/mol. The Morgan fingerprint density at radius 1 is 1.22 bits per heavy atom. The number of benzene rings is 1. The molecule has 23 heavy (non-hydrogen) atoms. The lowest BCUT2D eigenvalue weighted by molar-refractivity contribution is -0.124. The van der Waals surface area contributed by atoms with Crippen molar-refractivity contribution in [2.24, 2.45) is 0 Å². The fraction of sp³-hybridized carbons (Fsp3) is 0.125. The lowest BCUT2D eigenvalue weighted by Crippen LogP contribution is -2.27. The lowest BCUT2D eigenvalue weighted by atomic mass is 10.2. The number of ether oxygens (including phenoxy) is 1. The van der Waals surface area contributed by atoms with Gasteiger partial charge >= 0.3 is 5.97 Å². The first-order valence-electron chi connectivity index (χ1n) is 6.78. The highest BCUT2D eigenvalue weighted by atomic mass is 32.1. The molecule has 2 aromatic heterocycles. The highest BCUT2D eigenvalue weighted by molar-refractivity contribution is 7.20. The zero-order chi connectivity index (χ0) is 16.2. The normalized spacial score (nSPS) is 10.7. The molecular weight excluding hydrogens is 337 g/mol. The summed E-state index contributed by atoms with van der Waals surface area (Å²) in [4.78, 5) is 24.9. The second-order valence-corrected chi connectivity index (χ2v) is 6.81. The molecule has 0 aliphatic heterocycles. The number of nitrogens with one attached hydrogen (secondary N) is 1. The first-order valence-corrected chi connectivity index (χ1v) is 8.47. The number of hydrogen-bond donors (Lipinski definition) is 1. The van der Waals surface area contributed by atoms with E-state index in [9.17, 15) is 14.0 Å². The van der Waals surface area contributed by atoms with E-state index >= 15 is 0 Å². The Bertz CT molecular complexity index is 842. The van der Waals surface area contributed by atoms with E-state index in [1.54, 1.807) is 12.1 Å². The minimum Gasteiger partial charge on any atom is -0.451 e. The molecule has 4 nitrogen and oxygen atoms in total. The van der Waals surface area contributed by atoms with Crippen molar-refractivity contribution in [3.8, 4) is 0 Å². The van der Waals surface area contributed by atoms with Gasteiger partial charge in [-0.15, -0.1) is 22.7 Å². The summed E-state index contributed by atoms with van der Waals surface area (Å²) in [7, 11) is 0. The SMILES string of the molecule is O=C(COC(=O)c1cc2c(F)cccc2s1)NCc1cccs1. The number of hydrogen-bond acceptors (Lipinski definition) is 5. The summed E-state index contributed by atoms with van der Waals surface area (Å²) in [5.41, 5.74) is 0. The molecule has 0 saturated heterocycles. The molecule has 0 bridgehead atoms. The Kier molecular flexibility index (Phi) is 4.68. The van der Waals surface area contributed by atoms with Crippen LogP contribution in [-0.2, 0) is 16.1 Å². The largest absolute Gasteiger partial charge is 0.451 e. The van der Waals surface area contributed by atoms with Gasteiger partial charge in [0.15, 0.2) is 6.61 Å². The molecule has 2 heterocycles. The Balaban J connectivity index is 1.55. The summed E-state index contributed by atoms with van der Waals surface area (Å²) in [5, 5.41) is 4.97. The molecule has 0 fully saturated rings. The average molecular weight is 349 g/mol. The van der Waals surface area contributed by atoms with Crippen molar-refractivity contribution in [3.63, 3.8) is 0 Å². The molecule has 0 radical (unpaired) electrons. The van der Waals surface area contributed by atoms with Crippen LogP contribution in [-0.4, -0.2) is 18.5 Å². The molecule has 0 aliphatic rings. The van der Waals surface area contributed by atoms with Crippen molar-refractivity contribution in [3.05, 3.63) is 57.3 Å². The third kappa shape index (κ3) is 3.75. The van der Waals surface area contributed by atoms with Crippen LogP contribution >= 0.6 is 22.7 Å². The van der Waals surface area contributed by atoms with E-state index in [0.717, 1.165) is 16.2 Å². The topological polar surface area (TPSA) is 55.4 Å². The number of esters is 1. The Morgan fingerprint density at radius 2 is 2.09 bits per heavy atom. The molecule has 1 amide bonds. The second kappa shape index (κ2) is 6.89. The van der Waals surface area contributed by atoms with E-state index in [1.165, 1.54) is 23.5 Å². The summed E-state index contributed by atoms with van der Waals surface area (Å²) in [5.74, 6) is -1.39. The van der Waals surface area contributed by atoms with Crippen LogP contribution in [0.1, 0.15) is 14.5 Å². The first kappa shape index (κ1) is 15.6. The summed E-state index contributed by atoms with van der Waals surface area (Å²) in [6.45, 7) is 0.0447. The standard InChI is InChI=1S/C16H12FNO3S2/c17-12-4-1-5-13-11(12)7-14(23-13)16(20)21-9-15(19)18-8-10-3-2-6-22-10/h1-7H,8-9H2,(H,18,19). The molecular formula is C16H12FNO3S2. The Morgan fingerprint density at radius 3 is 2.83 bits per heavy atom. The van der Waals surface area contributed by atoms with E-state index in [4.69, 9.17) is 4.74 Å². The van der Waals surface area contributed by atoms with Crippen LogP contribution in [0.2, 0.25) is 0 Å². The van der Waals surface area contributed by atoms with Gasteiger partial charge in [0, 0.05) is 15.0 Å². The number of amides is 1. The predicted octanol–water partition coefficient (Wildman–Crippen LogP) is 3.58. The molecule has 1 N–H and O–H groups in total. The minimum absolute atomic E-state index is 0.274. The van der Waals surface area contributed by atoms with Crippen molar-refractivity contribution < 1.29 is 18.7 Å². The van der Waals surface area contributed by atoms with Gasteiger partial charge in [-0.3, -0.25) is 4.79 Å². The number of carbonyl (C=O) groups is 2. The van der Waals surface area contributed by atoms with Gasteiger partial charge in [0.05, 0.1) is 6.54 Å². The van der Waals surface area contributed by atoms with Crippen molar-refractivity contribution in [1.29, 1.82) is 0 Å². The van der Waals surface area contributed by atoms with Gasteiger partial charge in [-0.05, 0) is 29.6 Å². The maximum atomic E-state index is 13.6. The first-order chi connectivity index (χ1) is 11.1. The summed E-state index contributed by atoms with van der Waals surface area (Å²) >= 11 is 2.67. The smallest absolute Gasteiger partial charge is 0.348 e. The van der Waals surface area contributed by atoms with E-state index in [0.29, 0.717) is 16.6 Å². The molecule has 1 aromatic carbocycles. The van der Waals surface area contributed by atoms with Crippen molar-refractivity contribution in [2.75, 3.05) is 6.61 Å². The van der Waals surface area contributed by atoms with E-state index in [-0.39, 0.29) is 23.2 Å². The van der Waals surface area contributed by atoms with Gasteiger partial charge in [-0.1, -0.05) is 12.1 Å². The van der Waals surface area contributed by atoms with Crippen LogP contribution in [0, 0.1) is 5.82 Å². The molecule has 0 saturated carbocycles. The van der Waals surface area contributed by atoms with Crippen molar-refractivity contribution in [1.82, 2.24) is 5.32 Å². The van der Waals surface area contributed by atoms with Gasteiger partial charge in [-0.25, -0.2) is 9.18 Å². The third-order valence-electron chi connectivity index (χ3n) is 3.08. The minimum atomic E-state index is -0.628. The van der Waals surface area contributed by atoms with Gasteiger partial charge in [0.2, 0.25) is 0 Å². The molecule has 0 spiro atoms.